The normalized spacial score (nSPS) is 17.2. The van der Waals surface area contributed by atoms with Gasteiger partial charge in [0.1, 0.15) is 29.4 Å². The summed E-state index contributed by atoms with van der Waals surface area (Å²) in [6.45, 7) is 1.97. The van der Waals surface area contributed by atoms with E-state index in [4.69, 9.17) is 15.6 Å². The Morgan fingerprint density at radius 1 is 1.05 bits per heavy atom. The summed E-state index contributed by atoms with van der Waals surface area (Å²) in [4.78, 5) is 24.1. The minimum atomic E-state index is -4.73. The molecule has 2 aromatic heterocycles. The Morgan fingerprint density at radius 2 is 1.80 bits per heavy atom. The molecule has 2 aliphatic rings. The lowest BCUT2D eigenvalue weighted by Gasteiger charge is -2.39. The second-order valence-electron chi connectivity index (χ2n) is 10.9. The first-order valence-corrected chi connectivity index (χ1v) is 15.5. The summed E-state index contributed by atoms with van der Waals surface area (Å²) < 4.78 is 60.7. The van der Waals surface area contributed by atoms with Crippen molar-refractivity contribution >= 4 is 40.2 Å². The van der Waals surface area contributed by atoms with E-state index in [0.717, 1.165) is 32.0 Å². The van der Waals surface area contributed by atoms with Crippen molar-refractivity contribution in [1.82, 2.24) is 24.6 Å². The summed E-state index contributed by atoms with van der Waals surface area (Å²) in [6, 6.07) is 7.43. The van der Waals surface area contributed by atoms with E-state index in [0.29, 0.717) is 40.5 Å². The van der Waals surface area contributed by atoms with Crippen LogP contribution >= 0.6 is 11.8 Å². The van der Waals surface area contributed by atoms with Crippen LogP contribution in [0.4, 0.5) is 29.1 Å². The number of rotatable bonds is 6. The molecule has 0 unspecified atom stereocenters. The van der Waals surface area contributed by atoms with Gasteiger partial charge in [-0.3, -0.25) is 4.79 Å². The van der Waals surface area contributed by atoms with Crippen molar-refractivity contribution in [3.8, 4) is 17.0 Å². The van der Waals surface area contributed by atoms with Crippen LogP contribution in [-0.2, 0) is 6.18 Å². The molecule has 44 heavy (non-hydrogen) atoms. The summed E-state index contributed by atoms with van der Waals surface area (Å²) in [5.41, 5.74) is 6.62. The number of carbonyl (C=O) groups excluding carboxylic acids is 1. The first kappa shape index (κ1) is 30.1. The quantitative estimate of drug-likeness (QED) is 0.249. The second-order valence-corrected chi connectivity index (χ2v) is 12.1. The maximum absolute atomic E-state index is 14.4. The predicted octanol–water partition coefficient (Wildman–Crippen LogP) is 6.03. The minimum absolute atomic E-state index is 0.133. The highest BCUT2D eigenvalue weighted by molar-refractivity contribution is 7.99. The number of piperidine rings is 1. The molecular formula is C30H31F4N7O2S. The van der Waals surface area contributed by atoms with Crippen LogP contribution < -0.4 is 15.8 Å². The summed E-state index contributed by atoms with van der Waals surface area (Å²) in [7, 11) is 1.40. The largest absolute Gasteiger partial charge is 0.495 e. The molecule has 2 aromatic carbocycles. The average molecular weight is 630 g/mol. The molecule has 2 saturated heterocycles. The van der Waals surface area contributed by atoms with Gasteiger partial charge in [0.05, 0.1) is 35.4 Å². The van der Waals surface area contributed by atoms with Crippen LogP contribution in [0.5, 0.6) is 5.75 Å². The number of carbonyl (C=O) groups is 1. The minimum Gasteiger partial charge on any atom is -0.495 e. The van der Waals surface area contributed by atoms with E-state index in [1.54, 1.807) is 18.2 Å². The number of nitrogen functional groups attached to an aromatic ring is 1. The molecule has 4 heterocycles. The lowest BCUT2D eigenvalue weighted by atomic mass is 10.0. The van der Waals surface area contributed by atoms with Gasteiger partial charge in [0.2, 0.25) is 0 Å². The van der Waals surface area contributed by atoms with Gasteiger partial charge in [-0.15, -0.1) is 0 Å². The number of amides is 1. The third-order valence-corrected chi connectivity index (χ3v) is 9.38. The van der Waals surface area contributed by atoms with Gasteiger partial charge in [-0.2, -0.15) is 30.0 Å². The fourth-order valence-electron chi connectivity index (χ4n) is 6.00. The van der Waals surface area contributed by atoms with Crippen molar-refractivity contribution in [1.29, 1.82) is 0 Å². The smallest absolute Gasteiger partial charge is 0.416 e. The highest BCUT2D eigenvalue weighted by Crippen LogP contribution is 2.38. The molecule has 0 atom stereocenters. The number of hydrogen-bond donors (Lipinski definition) is 2. The summed E-state index contributed by atoms with van der Waals surface area (Å²) in [5.74, 6) is 0.733. The molecule has 3 N–H and O–H groups in total. The molecule has 0 spiro atoms. The van der Waals surface area contributed by atoms with Gasteiger partial charge < -0.3 is 20.7 Å². The Kier molecular flexibility index (Phi) is 8.38. The molecule has 0 radical (unpaired) electrons. The fourth-order valence-corrected chi connectivity index (χ4v) is 7.09. The molecule has 14 heteroatoms. The molecular weight excluding hydrogens is 598 g/mol. The SMILES string of the molecule is COc1cc(-c2nn(C3CCN(C4CCSCC4)CC3)c3ncnc(N)c23)ccc1NC(=O)c1ccc(C(F)(F)F)cc1F. The Hall–Kier alpha value is -3.91. The molecule has 232 valence electrons. The Labute approximate surface area is 255 Å². The van der Waals surface area contributed by atoms with E-state index in [-0.39, 0.29) is 23.3 Å². The number of nitrogens with zero attached hydrogens (tertiary/aromatic N) is 5. The van der Waals surface area contributed by atoms with E-state index >= 15 is 0 Å². The summed E-state index contributed by atoms with van der Waals surface area (Å²) >= 11 is 2.02. The van der Waals surface area contributed by atoms with Crippen molar-refractivity contribution in [2.24, 2.45) is 0 Å². The molecule has 9 nitrogen and oxygen atoms in total. The zero-order chi connectivity index (χ0) is 31.0. The van der Waals surface area contributed by atoms with Gasteiger partial charge in [0.25, 0.3) is 5.91 Å². The van der Waals surface area contributed by atoms with Crippen LogP contribution in [0.15, 0.2) is 42.7 Å². The lowest BCUT2D eigenvalue weighted by Crippen LogP contribution is -2.43. The number of fused-ring (bicyclic) bond motifs is 1. The molecule has 0 saturated carbocycles. The number of ether oxygens (including phenoxy) is 1. The fraction of sp³-hybridized carbons (Fsp3) is 0.400. The average Bonchev–Trinajstić information content (AvgIpc) is 3.42. The number of alkyl halides is 3. The number of methoxy groups -OCH3 is 1. The van der Waals surface area contributed by atoms with Crippen molar-refractivity contribution in [2.75, 3.05) is 42.8 Å². The maximum Gasteiger partial charge on any atom is 0.416 e. The number of aromatic nitrogens is 4. The van der Waals surface area contributed by atoms with E-state index in [1.807, 2.05) is 16.4 Å². The van der Waals surface area contributed by atoms with Crippen LogP contribution in [0.2, 0.25) is 0 Å². The van der Waals surface area contributed by atoms with Crippen molar-refractivity contribution in [3.63, 3.8) is 0 Å². The van der Waals surface area contributed by atoms with Gasteiger partial charge in [-0.1, -0.05) is 6.07 Å². The molecule has 6 rings (SSSR count). The third kappa shape index (κ3) is 5.92. The zero-order valence-corrected chi connectivity index (χ0v) is 24.7. The monoisotopic (exact) mass is 629 g/mol. The number of hydrogen-bond acceptors (Lipinski definition) is 8. The van der Waals surface area contributed by atoms with E-state index in [9.17, 15) is 22.4 Å². The highest BCUT2D eigenvalue weighted by Gasteiger charge is 2.32. The first-order chi connectivity index (χ1) is 21.1. The molecule has 0 aliphatic carbocycles. The topological polar surface area (TPSA) is 111 Å². The zero-order valence-electron chi connectivity index (χ0n) is 23.9. The van der Waals surface area contributed by atoms with Crippen molar-refractivity contribution < 1.29 is 27.1 Å². The van der Waals surface area contributed by atoms with E-state index in [2.05, 4.69) is 20.2 Å². The third-order valence-electron chi connectivity index (χ3n) is 8.33. The van der Waals surface area contributed by atoms with Gasteiger partial charge in [0, 0.05) is 24.7 Å². The Bertz CT molecular complexity index is 1680. The summed E-state index contributed by atoms with van der Waals surface area (Å²) in [6.07, 6.45) is 1.01. The number of anilines is 2. The number of halogens is 4. The first-order valence-electron chi connectivity index (χ1n) is 14.3. The second kappa shape index (κ2) is 12.2. The number of benzene rings is 2. The molecule has 2 aliphatic heterocycles. The van der Waals surface area contributed by atoms with E-state index < -0.39 is 29.0 Å². The van der Waals surface area contributed by atoms with Crippen LogP contribution in [0.1, 0.15) is 47.6 Å². The maximum atomic E-state index is 14.4. The highest BCUT2D eigenvalue weighted by atomic mass is 32.2. The van der Waals surface area contributed by atoms with Crippen molar-refractivity contribution in [3.05, 3.63) is 59.7 Å². The molecule has 2 fully saturated rings. The van der Waals surface area contributed by atoms with E-state index in [1.165, 1.54) is 37.8 Å². The molecule has 1 amide bonds. The van der Waals surface area contributed by atoms with Gasteiger partial charge in [-0.05, 0) is 67.5 Å². The molecule has 0 bridgehead atoms. The summed E-state index contributed by atoms with van der Waals surface area (Å²) in [5, 5.41) is 8.09. The van der Waals surface area contributed by atoms with Gasteiger partial charge >= 0.3 is 6.18 Å². The number of likely N-dealkylation sites (tertiary alicyclic amines) is 1. The Balaban J connectivity index is 1.26. The number of thioether (sulfide) groups is 1. The van der Waals surface area contributed by atoms with Crippen LogP contribution in [0, 0.1) is 5.82 Å². The van der Waals surface area contributed by atoms with Crippen LogP contribution in [-0.4, -0.2) is 68.3 Å². The van der Waals surface area contributed by atoms with Crippen LogP contribution in [0.25, 0.3) is 22.3 Å². The molecule has 4 aromatic rings. The van der Waals surface area contributed by atoms with Gasteiger partial charge in [0.15, 0.2) is 5.65 Å². The number of nitrogens with two attached hydrogens (primary N) is 1. The lowest BCUT2D eigenvalue weighted by molar-refractivity contribution is -0.137. The predicted molar refractivity (Wildman–Crippen MR) is 161 cm³/mol. The number of nitrogens with one attached hydrogen (secondary N) is 1. The van der Waals surface area contributed by atoms with Gasteiger partial charge in [-0.25, -0.2) is 19.0 Å². The van der Waals surface area contributed by atoms with Crippen LogP contribution in [0.3, 0.4) is 0 Å². The Morgan fingerprint density at radius 3 is 2.48 bits per heavy atom. The van der Waals surface area contributed by atoms with Crippen molar-refractivity contribution in [2.45, 2.75) is 43.9 Å². The standard InChI is InChI=1S/C30H31F4N7O2S/c1-43-24-14-17(2-5-23(24)38-29(42)21-4-3-18(15-22(21)31)30(32,33)34)26-25-27(35)36-16-37-28(25)41(39-26)20-6-10-40(11-7-20)19-8-12-44-13-9-19/h2-5,14-16,19-20H,6-13H2,1H3,(H,38,42)(H2,35,36,37).